The predicted octanol–water partition coefficient (Wildman–Crippen LogP) is 1.48. The highest BCUT2D eigenvalue weighted by atomic mass is 19.3. The van der Waals surface area contributed by atoms with Crippen LogP contribution < -0.4 is 5.73 Å². The van der Waals surface area contributed by atoms with Crippen LogP contribution in [0.5, 0.6) is 0 Å². The molecule has 5 heteroatoms. The van der Waals surface area contributed by atoms with Gasteiger partial charge in [0, 0.05) is 19.6 Å². The highest BCUT2D eigenvalue weighted by molar-refractivity contribution is 5.14. The number of hydrogen-bond acceptors (Lipinski definition) is 3. The van der Waals surface area contributed by atoms with Gasteiger partial charge in [0.25, 0.3) is 6.43 Å². The molecule has 0 bridgehead atoms. The lowest BCUT2D eigenvalue weighted by Gasteiger charge is -2.35. The average Bonchev–Trinajstić information content (AvgIpc) is 2.39. The zero-order valence-electron chi connectivity index (χ0n) is 10.1. The molecule has 1 aliphatic rings. The Balaban J connectivity index is 1.91. The first-order chi connectivity index (χ1) is 8.66. The summed E-state index contributed by atoms with van der Waals surface area (Å²) in [6.07, 6.45) is -3.12. The van der Waals surface area contributed by atoms with Crippen LogP contribution in [-0.2, 0) is 11.3 Å². The maximum Gasteiger partial charge on any atom is 0.256 e. The number of halogens is 2. The molecule has 100 valence electrons. The van der Waals surface area contributed by atoms with Crippen molar-refractivity contribution in [3.63, 3.8) is 0 Å². The van der Waals surface area contributed by atoms with E-state index in [0.29, 0.717) is 13.2 Å². The Morgan fingerprint density at radius 1 is 1.33 bits per heavy atom. The Morgan fingerprint density at radius 2 is 2.06 bits per heavy atom. The lowest BCUT2D eigenvalue weighted by atomic mass is 10.1. The van der Waals surface area contributed by atoms with Crippen LogP contribution in [0.1, 0.15) is 5.56 Å². The molecule has 0 aliphatic carbocycles. The van der Waals surface area contributed by atoms with E-state index in [1.807, 2.05) is 30.3 Å². The van der Waals surface area contributed by atoms with E-state index in [-0.39, 0.29) is 0 Å². The van der Waals surface area contributed by atoms with Gasteiger partial charge in [-0.3, -0.25) is 4.90 Å². The van der Waals surface area contributed by atoms with Crippen molar-refractivity contribution in [2.45, 2.75) is 25.1 Å². The molecular weight excluding hydrogens is 238 g/mol. The minimum Gasteiger partial charge on any atom is -0.374 e. The first kappa shape index (κ1) is 13.4. The third-order valence-electron chi connectivity index (χ3n) is 3.15. The average molecular weight is 256 g/mol. The number of alkyl halides is 2. The number of nitrogens with two attached hydrogens (primary N) is 1. The summed E-state index contributed by atoms with van der Waals surface area (Å²) in [5.74, 6) is 0. The maximum atomic E-state index is 12.5. The molecule has 2 unspecified atom stereocenters. The third kappa shape index (κ3) is 3.48. The van der Waals surface area contributed by atoms with Gasteiger partial charge in [-0.15, -0.1) is 0 Å². The molecule has 0 aromatic heterocycles. The fraction of sp³-hybridized carbons (Fsp3) is 0.538. The second-order valence-corrected chi connectivity index (χ2v) is 4.54. The lowest BCUT2D eigenvalue weighted by molar-refractivity contribution is -0.0701. The molecule has 3 nitrogen and oxygen atoms in total. The van der Waals surface area contributed by atoms with Crippen molar-refractivity contribution in [2.24, 2.45) is 5.73 Å². The summed E-state index contributed by atoms with van der Waals surface area (Å²) in [6, 6.07) is 8.74. The van der Waals surface area contributed by atoms with Crippen LogP contribution in [0, 0.1) is 0 Å². The first-order valence-corrected chi connectivity index (χ1v) is 6.08. The second-order valence-electron chi connectivity index (χ2n) is 4.54. The van der Waals surface area contributed by atoms with E-state index in [9.17, 15) is 8.78 Å². The van der Waals surface area contributed by atoms with Crippen molar-refractivity contribution in [3.8, 4) is 0 Å². The molecule has 0 radical (unpaired) electrons. The Labute approximate surface area is 106 Å². The van der Waals surface area contributed by atoms with E-state index >= 15 is 0 Å². The van der Waals surface area contributed by atoms with Gasteiger partial charge in [-0.05, 0) is 5.56 Å². The van der Waals surface area contributed by atoms with Crippen LogP contribution in [0.15, 0.2) is 30.3 Å². The zero-order chi connectivity index (χ0) is 13.0. The van der Waals surface area contributed by atoms with E-state index in [0.717, 1.165) is 13.1 Å². The van der Waals surface area contributed by atoms with Crippen LogP contribution in [0.3, 0.4) is 0 Å². The molecule has 0 spiro atoms. The number of morpholine rings is 1. The van der Waals surface area contributed by atoms with Gasteiger partial charge in [0.1, 0.15) is 0 Å². The lowest BCUT2D eigenvalue weighted by Crippen LogP contribution is -2.52. The van der Waals surface area contributed by atoms with E-state index in [4.69, 9.17) is 10.5 Å². The van der Waals surface area contributed by atoms with Crippen LogP contribution in [-0.4, -0.2) is 43.2 Å². The molecule has 0 amide bonds. The summed E-state index contributed by atoms with van der Waals surface area (Å²) in [7, 11) is 0. The van der Waals surface area contributed by atoms with Crippen LogP contribution in [0.25, 0.3) is 0 Å². The highest BCUT2D eigenvalue weighted by Crippen LogP contribution is 2.15. The topological polar surface area (TPSA) is 38.5 Å². The van der Waals surface area contributed by atoms with Crippen molar-refractivity contribution in [3.05, 3.63) is 35.9 Å². The van der Waals surface area contributed by atoms with Gasteiger partial charge in [-0.2, -0.15) is 0 Å². The maximum absolute atomic E-state index is 12.5. The predicted molar refractivity (Wildman–Crippen MR) is 65.4 cm³/mol. The van der Waals surface area contributed by atoms with Crippen molar-refractivity contribution in [1.82, 2.24) is 4.90 Å². The Morgan fingerprint density at radius 3 is 2.72 bits per heavy atom. The fourth-order valence-corrected chi connectivity index (χ4v) is 2.11. The van der Waals surface area contributed by atoms with Gasteiger partial charge >= 0.3 is 0 Å². The van der Waals surface area contributed by atoms with Gasteiger partial charge in [-0.1, -0.05) is 30.3 Å². The summed E-state index contributed by atoms with van der Waals surface area (Å²) in [5, 5.41) is 0. The largest absolute Gasteiger partial charge is 0.374 e. The van der Waals surface area contributed by atoms with Crippen LogP contribution >= 0.6 is 0 Å². The molecule has 2 rings (SSSR count). The Hall–Kier alpha value is -1.04. The number of ether oxygens (including phenoxy) is 1. The van der Waals surface area contributed by atoms with E-state index in [1.54, 1.807) is 0 Å². The number of rotatable bonds is 4. The summed E-state index contributed by atoms with van der Waals surface area (Å²) < 4.78 is 30.4. The molecule has 18 heavy (non-hydrogen) atoms. The smallest absolute Gasteiger partial charge is 0.256 e. The van der Waals surface area contributed by atoms with E-state index in [2.05, 4.69) is 4.90 Å². The van der Waals surface area contributed by atoms with Crippen molar-refractivity contribution >= 4 is 0 Å². The van der Waals surface area contributed by atoms with Gasteiger partial charge in [0.15, 0.2) is 0 Å². The molecule has 1 saturated heterocycles. The standard InChI is InChI=1S/C13H18F2N2O/c14-13(15)12(16)11-9-17(6-7-18-11)8-10-4-2-1-3-5-10/h1-5,11-13H,6-9,16H2. The molecule has 1 heterocycles. The Kier molecular flexibility index (Phi) is 4.63. The third-order valence-corrected chi connectivity index (χ3v) is 3.15. The quantitative estimate of drug-likeness (QED) is 0.887. The van der Waals surface area contributed by atoms with E-state index < -0.39 is 18.6 Å². The SMILES string of the molecule is NC(C(F)F)C1CN(Cc2ccccc2)CCO1. The number of hydrogen-bond donors (Lipinski definition) is 1. The summed E-state index contributed by atoms with van der Waals surface area (Å²) in [4.78, 5) is 2.10. The van der Waals surface area contributed by atoms with Gasteiger partial charge in [-0.25, -0.2) is 8.78 Å². The minimum atomic E-state index is -2.54. The number of nitrogens with zero attached hydrogens (tertiary/aromatic N) is 1. The summed E-state index contributed by atoms with van der Waals surface area (Å²) in [5.41, 5.74) is 6.62. The summed E-state index contributed by atoms with van der Waals surface area (Å²) >= 11 is 0. The zero-order valence-corrected chi connectivity index (χ0v) is 10.1. The van der Waals surface area contributed by atoms with Crippen molar-refractivity contribution in [2.75, 3.05) is 19.7 Å². The van der Waals surface area contributed by atoms with Gasteiger partial charge in [0.2, 0.25) is 0 Å². The molecule has 2 N–H and O–H groups in total. The highest BCUT2D eigenvalue weighted by Gasteiger charge is 2.31. The van der Waals surface area contributed by atoms with Gasteiger partial charge in [0.05, 0.1) is 18.8 Å². The molecule has 0 saturated carbocycles. The monoisotopic (exact) mass is 256 g/mol. The summed E-state index contributed by atoms with van der Waals surface area (Å²) in [6.45, 7) is 2.41. The number of benzene rings is 1. The molecule has 1 fully saturated rings. The first-order valence-electron chi connectivity index (χ1n) is 6.08. The van der Waals surface area contributed by atoms with Crippen LogP contribution in [0.4, 0.5) is 8.78 Å². The Bertz CT molecular complexity index is 361. The van der Waals surface area contributed by atoms with Crippen LogP contribution in [0.2, 0.25) is 0 Å². The van der Waals surface area contributed by atoms with Gasteiger partial charge < -0.3 is 10.5 Å². The van der Waals surface area contributed by atoms with Crippen molar-refractivity contribution < 1.29 is 13.5 Å². The normalized spacial score (nSPS) is 23.2. The second kappa shape index (κ2) is 6.22. The molecule has 1 aliphatic heterocycles. The van der Waals surface area contributed by atoms with Crippen molar-refractivity contribution in [1.29, 1.82) is 0 Å². The molecular formula is C13H18F2N2O. The fourth-order valence-electron chi connectivity index (χ4n) is 2.11. The van der Waals surface area contributed by atoms with E-state index in [1.165, 1.54) is 5.56 Å². The molecule has 2 atom stereocenters. The minimum absolute atomic E-state index is 0.456. The molecule has 1 aromatic rings. The molecule has 1 aromatic carbocycles.